The van der Waals surface area contributed by atoms with Gasteiger partial charge in [0.05, 0.1) is 5.56 Å². The highest BCUT2D eigenvalue weighted by atomic mass is 16.1. The number of anilines is 1. The van der Waals surface area contributed by atoms with Crippen LogP contribution in [0.25, 0.3) is 0 Å². The Hall–Kier alpha value is -1.38. The molecule has 0 saturated heterocycles. The van der Waals surface area contributed by atoms with Gasteiger partial charge >= 0.3 is 0 Å². The minimum Gasteiger partial charge on any atom is -0.369 e. The zero-order valence-electron chi connectivity index (χ0n) is 10.1. The van der Waals surface area contributed by atoms with E-state index >= 15 is 0 Å². The molecule has 0 amide bonds. The van der Waals surface area contributed by atoms with Crippen LogP contribution in [0, 0.1) is 0 Å². The van der Waals surface area contributed by atoms with Crippen molar-refractivity contribution in [3.63, 3.8) is 0 Å². The quantitative estimate of drug-likeness (QED) is 0.566. The van der Waals surface area contributed by atoms with Crippen molar-refractivity contribution >= 4 is 11.6 Å². The first-order chi connectivity index (χ1) is 7.79. The van der Waals surface area contributed by atoms with Crippen LogP contribution in [0.5, 0.6) is 0 Å². The molecule has 1 aromatic rings. The molecule has 0 spiro atoms. The first-order valence-electron chi connectivity index (χ1n) is 6.01. The minimum atomic E-state index is 0.145. The lowest BCUT2D eigenvalue weighted by Crippen LogP contribution is -2.09. The van der Waals surface area contributed by atoms with Crippen LogP contribution in [0.4, 0.5) is 5.82 Å². The molecule has 3 nitrogen and oxygen atoms in total. The Morgan fingerprint density at radius 3 is 2.88 bits per heavy atom. The van der Waals surface area contributed by atoms with Crippen molar-refractivity contribution < 1.29 is 4.79 Å². The van der Waals surface area contributed by atoms with Crippen LogP contribution in [0.15, 0.2) is 18.3 Å². The largest absolute Gasteiger partial charge is 0.369 e. The fraction of sp³-hybridized carbons (Fsp3) is 0.538. The maximum atomic E-state index is 11.6. The smallest absolute Gasteiger partial charge is 0.166 e. The third-order valence-corrected chi connectivity index (χ3v) is 2.50. The molecule has 0 bridgehead atoms. The van der Waals surface area contributed by atoms with Crippen LogP contribution in [0.3, 0.4) is 0 Å². The average Bonchev–Trinajstić information content (AvgIpc) is 2.34. The van der Waals surface area contributed by atoms with Gasteiger partial charge in [-0.05, 0) is 18.6 Å². The molecule has 0 unspecified atom stereocenters. The summed E-state index contributed by atoms with van der Waals surface area (Å²) < 4.78 is 0. The molecule has 88 valence electrons. The van der Waals surface area contributed by atoms with Crippen LogP contribution >= 0.6 is 0 Å². The van der Waals surface area contributed by atoms with Crippen LogP contribution < -0.4 is 5.32 Å². The molecule has 0 atom stereocenters. The third-order valence-electron chi connectivity index (χ3n) is 2.50. The number of carbonyl (C=O) groups is 1. The number of hydrogen-bond acceptors (Lipinski definition) is 3. The first kappa shape index (κ1) is 12.7. The van der Waals surface area contributed by atoms with Crippen molar-refractivity contribution in [3.05, 3.63) is 23.9 Å². The van der Waals surface area contributed by atoms with E-state index in [0.29, 0.717) is 12.0 Å². The second-order valence-corrected chi connectivity index (χ2v) is 3.81. The molecule has 0 fully saturated rings. The van der Waals surface area contributed by atoms with E-state index in [1.165, 1.54) is 12.8 Å². The van der Waals surface area contributed by atoms with Crippen molar-refractivity contribution in [2.45, 2.75) is 39.5 Å². The average molecular weight is 220 g/mol. The van der Waals surface area contributed by atoms with Gasteiger partial charge in [0.1, 0.15) is 5.82 Å². The number of hydrogen-bond donors (Lipinski definition) is 1. The monoisotopic (exact) mass is 220 g/mol. The topological polar surface area (TPSA) is 42.0 Å². The summed E-state index contributed by atoms with van der Waals surface area (Å²) in [6.45, 7) is 4.93. The van der Waals surface area contributed by atoms with Crippen LogP contribution in [0.2, 0.25) is 0 Å². The molecular weight excluding hydrogens is 200 g/mol. The lowest BCUT2D eigenvalue weighted by molar-refractivity contribution is 0.0988. The number of unbranched alkanes of at least 4 members (excludes halogenated alkanes) is 2. The van der Waals surface area contributed by atoms with E-state index in [1.54, 1.807) is 12.3 Å². The van der Waals surface area contributed by atoms with Gasteiger partial charge in [-0.15, -0.1) is 0 Å². The number of nitrogens with zero attached hydrogens (tertiary/aromatic N) is 1. The highest BCUT2D eigenvalue weighted by molar-refractivity contribution is 6.00. The molecular formula is C13H20N2O. The highest BCUT2D eigenvalue weighted by Gasteiger charge is 2.09. The maximum Gasteiger partial charge on any atom is 0.166 e. The highest BCUT2D eigenvalue weighted by Crippen LogP contribution is 2.13. The maximum absolute atomic E-state index is 11.6. The molecule has 0 aliphatic heterocycles. The number of pyridine rings is 1. The van der Waals surface area contributed by atoms with Crippen LogP contribution in [0.1, 0.15) is 49.9 Å². The van der Waals surface area contributed by atoms with Crippen molar-refractivity contribution in [1.29, 1.82) is 0 Å². The predicted octanol–water partition coefficient (Wildman–Crippen LogP) is 3.28. The van der Waals surface area contributed by atoms with Crippen LogP contribution in [-0.4, -0.2) is 17.3 Å². The summed E-state index contributed by atoms with van der Waals surface area (Å²) in [5.74, 6) is 0.872. The molecule has 0 aromatic carbocycles. The molecule has 0 saturated carbocycles. The molecule has 0 aliphatic carbocycles. The summed E-state index contributed by atoms with van der Waals surface area (Å²) in [4.78, 5) is 15.9. The van der Waals surface area contributed by atoms with E-state index in [9.17, 15) is 4.79 Å². The zero-order chi connectivity index (χ0) is 11.8. The number of Topliss-reactive ketones (excluding diaryl/α,β-unsaturated/α-hetero) is 1. The first-order valence-corrected chi connectivity index (χ1v) is 6.01. The van der Waals surface area contributed by atoms with Gasteiger partial charge in [-0.1, -0.05) is 26.7 Å². The molecule has 1 heterocycles. The Labute approximate surface area is 97.3 Å². The molecule has 16 heavy (non-hydrogen) atoms. The molecule has 1 N–H and O–H groups in total. The van der Waals surface area contributed by atoms with Gasteiger partial charge in [0.25, 0.3) is 0 Å². The van der Waals surface area contributed by atoms with Gasteiger partial charge in [-0.3, -0.25) is 4.79 Å². The van der Waals surface area contributed by atoms with Gasteiger partial charge in [-0.2, -0.15) is 0 Å². The molecule has 1 aromatic heterocycles. The lowest BCUT2D eigenvalue weighted by atomic mass is 10.1. The van der Waals surface area contributed by atoms with E-state index < -0.39 is 0 Å². The molecule has 0 aliphatic rings. The summed E-state index contributed by atoms with van der Waals surface area (Å²) >= 11 is 0. The molecule has 0 radical (unpaired) electrons. The van der Waals surface area contributed by atoms with Gasteiger partial charge in [0, 0.05) is 19.2 Å². The number of aromatic nitrogens is 1. The minimum absolute atomic E-state index is 0.145. The Morgan fingerprint density at radius 2 is 2.19 bits per heavy atom. The summed E-state index contributed by atoms with van der Waals surface area (Å²) in [6, 6.07) is 3.64. The van der Waals surface area contributed by atoms with Gasteiger partial charge in [0.2, 0.25) is 0 Å². The van der Waals surface area contributed by atoms with Gasteiger partial charge < -0.3 is 5.32 Å². The lowest BCUT2D eigenvalue weighted by Gasteiger charge is -2.08. The zero-order valence-corrected chi connectivity index (χ0v) is 10.1. The van der Waals surface area contributed by atoms with E-state index in [-0.39, 0.29) is 5.78 Å². The summed E-state index contributed by atoms with van der Waals surface area (Å²) in [7, 11) is 0. The Bertz CT molecular complexity index is 336. The van der Waals surface area contributed by atoms with E-state index in [2.05, 4.69) is 17.2 Å². The van der Waals surface area contributed by atoms with Crippen molar-refractivity contribution in [2.75, 3.05) is 11.9 Å². The Morgan fingerprint density at radius 1 is 1.38 bits per heavy atom. The van der Waals surface area contributed by atoms with Gasteiger partial charge in [0.15, 0.2) is 5.78 Å². The van der Waals surface area contributed by atoms with Crippen molar-refractivity contribution in [3.8, 4) is 0 Å². The Balaban J connectivity index is 2.60. The Kier molecular flexibility index (Phi) is 5.54. The van der Waals surface area contributed by atoms with Crippen molar-refractivity contribution in [1.82, 2.24) is 4.98 Å². The molecule has 1 rings (SSSR count). The third kappa shape index (κ3) is 3.65. The van der Waals surface area contributed by atoms with Gasteiger partial charge in [-0.25, -0.2) is 4.98 Å². The number of carbonyl (C=O) groups excluding carboxylic acids is 1. The van der Waals surface area contributed by atoms with E-state index in [4.69, 9.17) is 0 Å². The summed E-state index contributed by atoms with van der Waals surface area (Å²) in [5.41, 5.74) is 0.710. The van der Waals surface area contributed by atoms with Crippen LogP contribution in [-0.2, 0) is 0 Å². The predicted molar refractivity (Wildman–Crippen MR) is 66.9 cm³/mol. The summed E-state index contributed by atoms with van der Waals surface area (Å²) in [6.07, 6.45) is 5.76. The number of ketones is 1. The number of rotatable bonds is 7. The second-order valence-electron chi connectivity index (χ2n) is 3.81. The summed E-state index contributed by atoms with van der Waals surface area (Å²) in [5, 5.41) is 3.23. The van der Waals surface area contributed by atoms with E-state index in [1.807, 2.05) is 13.0 Å². The molecule has 3 heteroatoms. The second kappa shape index (κ2) is 6.99. The van der Waals surface area contributed by atoms with Crippen molar-refractivity contribution in [2.24, 2.45) is 0 Å². The fourth-order valence-corrected chi connectivity index (χ4v) is 1.54. The van der Waals surface area contributed by atoms with E-state index in [0.717, 1.165) is 18.8 Å². The fourth-order valence-electron chi connectivity index (χ4n) is 1.54. The standard InChI is InChI=1S/C13H20N2O/c1-3-5-6-9-14-13-11(12(16)4-2)8-7-10-15-13/h7-8,10H,3-6,9H2,1-2H3,(H,14,15). The SMILES string of the molecule is CCCCCNc1ncccc1C(=O)CC. The number of nitrogens with one attached hydrogen (secondary N) is 1. The normalized spacial score (nSPS) is 10.1.